The molecule has 5 heteroatoms. The number of allylic oxidation sites excluding steroid dienone is 1. The van der Waals surface area contributed by atoms with E-state index in [-0.39, 0.29) is 5.92 Å². The minimum atomic E-state index is -1.35. The number of rotatable bonds is 4. The van der Waals surface area contributed by atoms with Crippen molar-refractivity contribution in [1.82, 2.24) is 0 Å². The summed E-state index contributed by atoms with van der Waals surface area (Å²) in [5, 5.41) is 0. The van der Waals surface area contributed by atoms with Gasteiger partial charge in [0.2, 0.25) is 0 Å². The van der Waals surface area contributed by atoms with Crippen molar-refractivity contribution >= 4 is 11.9 Å². The summed E-state index contributed by atoms with van der Waals surface area (Å²) in [4.78, 5) is 24.4. The van der Waals surface area contributed by atoms with Gasteiger partial charge >= 0.3 is 11.9 Å². The van der Waals surface area contributed by atoms with Gasteiger partial charge in [-0.15, -0.1) is 0 Å². The molecule has 1 aliphatic carbocycles. The average Bonchev–Trinajstić information content (AvgIpc) is 2.84. The molecule has 2 rings (SSSR count). The van der Waals surface area contributed by atoms with Crippen LogP contribution in [0.3, 0.4) is 0 Å². The predicted octanol–water partition coefficient (Wildman–Crippen LogP) is 2.85. The maximum Gasteiger partial charge on any atom is 0.327 e. The van der Waals surface area contributed by atoms with Crippen LogP contribution in [0.25, 0.3) is 0 Å². The van der Waals surface area contributed by atoms with E-state index in [1.807, 2.05) is 30.3 Å². The molecule has 23 heavy (non-hydrogen) atoms. The number of methoxy groups -OCH3 is 3. The summed E-state index contributed by atoms with van der Waals surface area (Å²) in [7, 11) is 4.19. The van der Waals surface area contributed by atoms with Gasteiger partial charge in [-0.3, -0.25) is 9.59 Å². The van der Waals surface area contributed by atoms with E-state index in [9.17, 15) is 9.59 Å². The van der Waals surface area contributed by atoms with Crippen LogP contribution in [0.2, 0.25) is 0 Å². The highest BCUT2D eigenvalue weighted by Gasteiger charge is 2.46. The molecule has 0 saturated carbocycles. The van der Waals surface area contributed by atoms with Gasteiger partial charge in [0.15, 0.2) is 5.41 Å². The third-order valence-electron chi connectivity index (χ3n) is 4.32. The molecule has 0 fully saturated rings. The summed E-state index contributed by atoms with van der Waals surface area (Å²) in [6, 6.07) is 7.80. The van der Waals surface area contributed by atoms with E-state index < -0.39 is 17.4 Å². The number of hydrogen-bond acceptors (Lipinski definition) is 5. The number of hydrogen-bond donors (Lipinski definition) is 0. The monoisotopic (exact) mass is 318 g/mol. The summed E-state index contributed by atoms with van der Waals surface area (Å²) in [5.41, 5.74) is -0.261. The van der Waals surface area contributed by atoms with E-state index in [0.717, 1.165) is 17.7 Å². The Morgan fingerprint density at radius 1 is 1.13 bits per heavy atom. The number of carbonyl (C=O) groups excluding carboxylic acids is 2. The molecule has 0 aromatic heterocycles. The lowest BCUT2D eigenvalue weighted by atomic mass is 9.83. The van der Waals surface area contributed by atoms with Crippen LogP contribution < -0.4 is 4.74 Å². The zero-order chi connectivity index (χ0) is 16.9. The largest absolute Gasteiger partial charge is 0.497 e. The molecule has 0 N–H and O–H groups in total. The standard InChI is InChI=1S/C18H22O5/c1-21-15-8-4-6-14(12-15)13-7-5-10-18(11-9-13,16(19)22-2)17(20)23-3/h4,6,8-9,11-13H,5,7,10H2,1-3H3/t13-/m1/s1. The highest BCUT2D eigenvalue weighted by Crippen LogP contribution is 2.38. The van der Waals surface area contributed by atoms with E-state index in [2.05, 4.69) is 0 Å². The van der Waals surface area contributed by atoms with E-state index in [0.29, 0.717) is 12.8 Å². The summed E-state index contributed by atoms with van der Waals surface area (Å²) < 4.78 is 14.9. The van der Waals surface area contributed by atoms with Crippen LogP contribution in [0.5, 0.6) is 5.75 Å². The smallest absolute Gasteiger partial charge is 0.327 e. The molecular weight excluding hydrogens is 296 g/mol. The summed E-state index contributed by atoms with van der Waals surface area (Å²) in [5.74, 6) is -0.257. The molecule has 0 heterocycles. The average molecular weight is 318 g/mol. The number of carbonyl (C=O) groups is 2. The van der Waals surface area contributed by atoms with Crippen molar-refractivity contribution < 1.29 is 23.8 Å². The SMILES string of the molecule is COC(=O)C1(C(=O)OC)C=C[C@H](c2cccc(OC)c2)CCC1. The fourth-order valence-corrected chi connectivity index (χ4v) is 3.00. The molecule has 0 saturated heterocycles. The lowest BCUT2D eigenvalue weighted by Crippen LogP contribution is -2.39. The number of benzene rings is 1. The second-order valence-electron chi connectivity index (χ2n) is 5.59. The maximum atomic E-state index is 12.2. The molecule has 0 spiro atoms. The molecule has 0 radical (unpaired) electrons. The first-order valence-electron chi connectivity index (χ1n) is 7.57. The van der Waals surface area contributed by atoms with Crippen LogP contribution in [0.4, 0.5) is 0 Å². The van der Waals surface area contributed by atoms with Crippen LogP contribution in [-0.4, -0.2) is 33.3 Å². The van der Waals surface area contributed by atoms with Gasteiger partial charge in [0.25, 0.3) is 0 Å². The fraction of sp³-hybridized carbons (Fsp3) is 0.444. The van der Waals surface area contributed by atoms with E-state index in [1.165, 1.54) is 14.2 Å². The molecule has 124 valence electrons. The van der Waals surface area contributed by atoms with Gasteiger partial charge in [-0.1, -0.05) is 30.7 Å². The topological polar surface area (TPSA) is 61.8 Å². The van der Waals surface area contributed by atoms with Gasteiger partial charge < -0.3 is 14.2 Å². The van der Waals surface area contributed by atoms with E-state index in [1.54, 1.807) is 13.2 Å². The lowest BCUT2D eigenvalue weighted by Gasteiger charge is -2.23. The first-order valence-corrected chi connectivity index (χ1v) is 7.57. The molecule has 1 atom stereocenters. The Hall–Kier alpha value is -2.30. The van der Waals surface area contributed by atoms with Gasteiger partial charge in [-0.25, -0.2) is 0 Å². The molecule has 1 aromatic carbocycles. The third kappa shape index (κ3) is 3.38. The Balaban J connectivity index is 2.35. The van der Waals surface area contributed by atoms with Crippen molar-refractivity contribution in [1.29, 1.82) is 0 Å². The molecule has 1 aliphatic rings. The Bertz CT molecular complexity index is 589. The van der Waals surface area contributed by atoms with Crippen LogP contribution >= 0.6 is 0 Å². The molecule has 0 amide bonds. The van der Waals surface area contributed by atoms with Crippen molar-refractivity contribution in [3.8, 4) is 5.75 Å². The lowest BCUT2D eigenvalue weighted by molar-refractivity contribution is -0.165. The third-order valence-corrected chi connectivity index (χ3v) is 4.32. The second-order valence-corrected chi connectivity index (χ2v) is 5.59. The minimum Gasteiger partial charge on any atom is -0.497 e. The van der Waals surface area contributed by atoms with Gasteiger partial charge in [-0.2, -0.15) is 0 Å². The van der Waals surface area contributed by atoms with Crippen LogP contribution in [-0.2, 0) is 19.1 Å². The van der Waals surface area contributed by atoms with E-state index in [4.69, 9.17) is 14.2 Å². The number of ether oxygens (including phenoxy) is 3. The predicted molar refractivity (Wildman–Crippen MR) is 85.2 cm³/mol. The van der Waals surface area contributed by atoms with Crippen LogP contribution in [0, 0.1) is 5.41 Å². The maximum absolute atomic E-state index is 12.2. The highest BCUT2D eigenvalue weighted by atomic mass is 16.5. The van der Waals surface area contributed by atoms with Crippen LogP contribution in [0.1, 0.15) is 30.7 Å². The number of esters is 2. The Labute approximate surface area is 136 Å². The van der Waals surface area contributed by atoms with E-state index >= 15 is 0 Å². The quantitative estimate of drug-likeness (QED) is 0.485. The normalized spacial score (nSPS) is 19.5. The molecule has 0 unspecified atom stereocenters. The van der Waals surface area contributed by atoms with Crippen molar-refractivity contribution in [2.75, 3.05) is 21.3 Å². The van der Waals surface area contributed by atoms with Crippen molar-refractivity contribution in [3.63, 3.8) is 0 Å². The second kappa shape index (κ2) is 7.31. The minimum absolute atomic E-state index is 0.112. The molecule has 0 aliphatic heterocycles. The zero-order valence-corrected chi connectivity index (χ0v) is 13.7. The van der Waals surface area contributed by atoms with Gasteiger partial charge in [-0.05, 0) is 30.5 Å². The van der Waals surface area contributed by atoms with Crippen molar-refractivity contribution in [3.05, 3.63) is 42.0 Å². The first-order chi connectivity index (χ1) is 11.1. The Kier molecular flexibility index (Phi) is 5.42. The summed E-state index contributed by atoms with van der Waals surface area (Å²) in [6.45, 7) is 0. The molecular formula is C18H22O5. The fourth-order valence-electron chi connectivity index (χ4n) is 3.00. The van der Waals surface area contributed by atoms with Crippen molar-refractivity contribution in [2.24, 2.45) is 5.41 Å². The van der Waals surface area contributed by atoms with Gasteiger partial charge in [0.1, 0.15) is 5.75 Å². The first kappa shape index (κ1) is 17.1. The molecule has 5 nitrogen and oxygen atoms in total. The summed E-state index contributed by atoms with van der Waals surface area (Å²) in [6.07, 6.45) is 5.46. The van der Waals surface area contributed by atoms with Gasteiger partial charge in [0.05, 0.1) is 21.3 Å². The Morgan fingerprint density at radius 3 is 2.43 bits per heavy atom. The summed E-state index contributed by atoms with van der Waals surface area (Å²) >= 11 is 0. The molecule has 0 bridgehead atoms. The highest BCUT2D eigenvalue weighted by molar-refractivity contribution is 6.02. The van der Waals surface area contributed by atoms with Crippen molar-refractivity contribution in [2.45, 2.75) is 25.2 Å². The molecule has 1 aromatic rings. The Morgan fingerprint density at radius 2 is 1.83 bits per heavy atom. The van der Waals surface area contributed by atoms with Crippen LogP contribution in [0.15, 0.2) is 36.4 Å². The van der Waals surface area contributed by atoms with Gasteiger partial charge in [0, 0.05) is 5.92 Å². The zero-order valence-electron chi connectivity index (χ0n) is 13.7.